The van der Waals surface area contributed by atoms with Crippen LogP contribution >= 0.6 is 0 Å². The van der Waals surface area contributed by atoms with Gasteiger partial charge in [-0.15, -0.1) is 0 Å². The first kappa shape index (κ1) is 16.8. The number of aromatic nitrogens is 3. The summed E-state index contributed by atoms with van der Waals surface area (Å²) in [5.41, 5.74) is 8.83. The van der Waals surface area contributed by atoms with Crippen molar-refractivity contribution in [2.75, 3.05) is 19.3 Å². The van der Waals surface area contributed by atoms with Crippen LogP contribution in [0.4, 0.5) is 5.69 Å². The molecule has 8 nitrogen and oxygen atoms in total. The molecule has 3 heterocycles. The number of amides is 1. The van der Waals surface area contributed by atoms with Crippen LogP contribution in [0.5, 0.6) is 0 Å². The van der Waals surface area contributed by atoms with Crippen molar-refractivity contribution >= 4 is 22.5 Å². The Morgan fingerprint density at radius 2 is 2.00 bits per heavy atom. The fourth-order valence-electron chi connectivity index (χ4n) is 3.66. The molecule has 1 aliphatic heterocycles. The molecule has 1 amide bonds. The van der Waals surface area contributed by atoms with Gasteiger partial charge in [0.15, 0.2) is 0 Å². The number of anilines is 1. The topological polar surface area (TPSA) is 110 Å². The first-order chi connectivity index (χ1) is 12.9. The third-order valence-corrected chi connectivity index (χ3v) is 5.03. The van der Waals surface area contributed by atoms with Crippen LogP contribution in [-0.2, 0) is 13.1 Å². The van der Waals surface area contributed by atoms with Gasteiger partial charge < -0.3 is 15.2 Å². The lowest BCUT2D eigenvalue weighted by molar-refractivity contribution is 0.0752. The first-order valence-corrected chi connectivity index (χ1v) is 8.57. The number of rotatable bonds is 2. The molecule has 0 spiro atoms. The zero-order valence-electron chi connectivity index (χ0n) is 15.1. The number of benzene rings is 1. The lowest BCUT2D eigenvalue weighted by atomic mass is 10.1. The van der Waals surface area contributed by atoms with Crippen LogP contribution in [0.25, 0.3) is 10.9 Å². The van der Waals surface area contributed by atoms with Gasteiger partial charge in [-0.2, -0.15) is 10.4 Å². The van der Waals surface area contributed by atoms with E-state index in [1.807, 2.05) is 6.07 Å². The van der Waals surface area contributed by atoms with Gasteiger partial charge in [-0.3, -0.25) is 9.59 Å². The second kappa shape index (κ2) is 5.99. The van der Waals surface area contributed by atoms with Gasteiger partial charge in [0, 0.05) is 20.1 Å². The van der Waals surface area contributed by atoms with Crippen LogP contribution in [-0.4, -0.2) is 38.7 Å². The molecular weight excluding hydrogens is 344 g/mol. The Morgan fingerprint density at radius 1 is 1.26 bits per heavy atom. The molecule has 0 radical (unpaired) electrons. The summed E-state index contributed by atoms with van der Waals surface area (Å²) in [7, 11) is 1.71. The number of nitrogens with two attached hydrogens (primary N) is 1. The number of nitriles is 1. The number of nitrogens with zero attached hydrogens (tertiary/aromatic N) is 5. The zero-order valence-corrected chi connectivity index (χ0v) is 15.1. The van der Waals surface area contributed by atoms with Crippen molar-refractivity contribution < 1.29 is 4.79 Å². The van der Waals surface area contributed by atoms with E-state index in [0.717, 1.165) is 0 Å². The second-order valence-electron chi connectivity index (χ2n) is 6.68. The molecule has 1 aliphatic rings. The Hall–Kier alpha value is -3.60. The van der Waals surface area contributed by atoms with E-state index in [-0.39, 0.29) is 23.7 Å². The normalized spacial score (nSPS) is 13.7. The molecule has 0 saturated carbocycles. The maximum atomic E-state index is 13.1. The second-order valence-corrected chi connectivity index (χ2v) is 6.68. The van der Waals surface area contributed by atoms with E-state index in [1.165, 1.54) is 4.68 Å². The van der Waals surface area contributed by atoms with Crippen LogP contribution in [0.2, 0.25) is 0 Å². The van der Waals surface area contributed by atoms with Gasteiger partial charge in [-0.25, -0.2) is 4.68 Å². The summed E-state index contributed by atoms with van der Waals surface area (Å²) in [5.74, 6) is -0.199. The van der Waals surface area contributed by atoms with Crippen LogP contribution < -0.4 is 11.3 Å². The van der Waals surface area contributed by atoms with E-state index in [0.29, 0.717) is 46.5 Å². The summed E-state index contributed by atoms with van der Waals surface area (Å²) in [5, 5.41) is 14.0. The molecule has 0 unspecified atom stereocenters. The Morgan fingerprint density at radius 3 is 2.74 bits per heavy atom. The quantitative estimate of drug-likeness (QED) is 0.734. The number of nitrogen functional groups attached to an aromatic ring is 1. The SMILES string of the molecule is Cc1nn(Cc2ccccc2C#N)c(=O)c2c(N)c3n(c12)CCN(C)C3=O. The minimum atomic E-state index is -0.363. The molecule has 2 aromatic heterocycles. The van der Waals surface area contributed by atoms with Gasteiger partial charge in [0.2, 0.25) is 0 Å². The Kier molecular flexibility index (Phi) is 3.73. The van der Waals surface area contributed by atoms with Crippen molar-refractivity contribution in [1.29, 1.82) is 5.26 Å². The molecule has 0 aliphatic carbocycles. The molecule has 4 rings (SSSR count). The number of likely N-dealkylation sites (N-methyl/N-ethyl adjacent to an activating group) is 1. The zero-order chi connectivity index (χ0) is 19.3. The number of carbonyl (C=O) groups is 1. The highest BCUT2D eigenvalue weighted by atomic mass is 16.2. The number of hydrogen-bond donors (Lipinski definition) is 1. The minimum absolute atomic E-state index is 0.160. The number of aryl methyl sites for hydroxylation is 1. The van der Waals surface area contributed by atoms with Gasteiger partial charge in [-0.1, -0.05) is 18.2 Å². The summed E-state index contributed by atoms with van der Waals surface area (Å²) in [6.07, 6.45) is 0. The third kappa shape index (κ3) is 2.39. The van der Waals surface area contributed by atoms with E-state index in [4.69, 9.17) is 5.73 Å². The molecular formula is C19H18N6O2. The van der Waals surface area contributed by atoms with E-state index in [2.05, 4.69) is 11.2 Å². The summed E-state index contributed by atoms with van der Waals surface area (Å²) in [4.78, 5) is 27.3. The van der Waals surface area contributed by atoms with Crippen molar-refractivity contribution in [2.45, 2.75) is 20.0 Å². The Balaban J connectivity index is 1.95. The number of hydrogen-bond acceptors (Lipinski definition) is 5. The van der Waals surface area contributed by atoms with Crippen molar-refractivity contribution in [2.24, 2.45) is 0 Å². The number of carbonyl (C=O) groups excluding carboxylic acids is 1. The highest BCUT2D eigenvalue weighted by molar-refractivity contribution is 6.08. The molecule has 3 aromatic rings. The fourth-order valence-corrected chi connectivity index (χ4v) is 3.66. The molecule has 1 aromatic carbocycles. The Labute approximate surface area is 155 Å². The van der Waals surface area contributed by atoms with Crippen LogP contribution in [0.1, 0.15) is 27.3 Å². The summed E-state index contributed by atoms with van der Waals surface area (Å²) >= 11 is 0. The predicted molar refractivity (Wildman–Crippen MR) is 100 cm³/mol. The van der Waals surface area contributed by atoms with E-state index in [9.17, 15) is 14.9 Å². The molecule has 0 atom stereocenters. The fraction of sp³-hybridized carbons (Fsp3) is 0.263. The lowest BCUT2D eigenvalue weighted by Gasteiger charge is -2.25. The van der Waals surface area contributed by atoms with E-state index >= 15 is 0 Å². The molecule has 27 heavy (non-hydrogen) atoms. The highest BCUT2D eigenvalue weighted by Crippen LogP contribution is 2.30. The molecule has 136 valence electrons. The van der Waals surface area contributed by atoms with Crippen molar-refractivity contribution in [3.63, 3.8) is 0 Å². The average molecular weight is 362 g/mol. The molecule has 8 heteroatoms. The molecule has 2 N–H and O–H groups in total. The smallest absolute Gasteiger partial charge is 0.278 e. The third-order valence-electron chi connectivity index (χ3n) is 5.03. The summed E-state index contributed by atoms with van der Waals surface area (Å²) < 4.78 is 3.11. The van der Waals surface area contributed by atoms with Crippen LogP contribution in [0, 0.1) is 18.3 Å². The highest BCUT2D eigenvalue weighted by Gasteiger charge is 2.30. The van der Waals surface area contributed by atoms with Gasteiger partial charge in [-0.05, 0) is 18.6 Å². The maximum absolute atomic E-state index is 13.1. The van der Waals surface area contributed by atoms with Gasteiger partial charge in [0.1, 0.15) is 5.69 Å². The lowest BCUT2D eigenvalue weighted by Crippen LogP contribution is -2.37. The van der Waals surface area contributed by atoms with Crippen LogP contribution in [0.3, 0.4) is 0 Å². The van der Waals surface area contributed by atoms with Gasteiger partial charge >= 0.3 is 0 Å². The van der Waals surface area contributed by atoms with Crippen molar-refractivity contribution in [1.82, 2.24) is 19.2 Å². The van der Waals surface area contributed by atoms with Crippen LogP contribution in [0.15, 0.2) is 29.1 Å². The average Bonchev–Trinajstić information content (AvgIpc) is 2.97. The summed E-state index contributed by atoms with van der Waals surface area (Å²) in [6.45, 7) is 3.07. The van der Waals surface area contributed by atoms with Crippen molar-refractivity contribution in [3.8, 4) is 6.07 Å². The molecule has 0 bridgehead atoms. The predicted octanol–water partition coefficient (Wildman–Crippen LogP) is 1.09. The van der Waals surface area contributed by atoms with E-state index in [1.54, 1.807) is 41.6 Å². The Bertz CT molecular complexity index is 1200. The van der Waals surface area contributed by atoms with Gasteiger partial charge in [0.25, 0.3) is 11.5 Å². The van der Waals surface area contributed by atoms with E-state index < -0.39 is 0 Å². The van der Waals surface area contributed by atoms with Crippen molar-refractivity contribution in [3.05, 3.63) is 57.1 Å². The minimum Gasteiger partial charge on any atom is -0.396 e. The monoisotopic (exact) mass is 362 g/mol. The maximum Gasteiger partial charge on any atom is 0.278 e. The standard InChI is InChI=1S/C19H18N6O2/c1-11-16-14(15(21)17-19(27)23(2)7-8-24(16)17)18(26)25(22-11)10-13-6-4-3-5-12(13)9-20/h3-6H,7-8,10,21H2,1-2H3. The first-order valence-electron chi connectivity index (χ1n) is 8.57. The van der Waals surface area contributed by atoms with Gasteiger partial charge in [0.05, 0.1) is 40.5 Å². The summed E-state index contributed by atoms with van der Waals surface area (Å²) in [6, 6.07) is 9.20. The molecule has 0 fully saturated rings. The number of fused-ring (bicyclic) bond motifs is 3. The molecule has 0 saturated heterocycles. The largest absolute Gasteiger partial charge is 0.396 e.